The van der Waals surface area contributed by atoms with E-state index in [0.29, 0.717) is 24.6 Å². The normalized spacial score (nSPS) is 13.6. The van der Waals surface area contributed by atoms with Crippen molar-refractivity contribution in [3.63, 3.8) is 0 Å². The standard InChI is InChI=1S/C9H12F3N3O3S/c1-3-15(4-2)18-7(17)5(16)6-13-8(14-19-6)9(10,11)12/h5,16H,3-4H2,1-2H3. The fraction of sp³-hybridized carbons (Fsp3) is 0.667. The van der Waals surface area contributed by atoms with Crippen LogP contribution in [0.15, 0.2) is 0 Å². The first kappa shape index (κ1) is 15.8. The fourth-order valence-electron chi connectivity index (χ4n) is 1.09. The van der Waals surface area contributed by atoms with Gasteiger partial charge in [-0.05, 0) is 25.4 Å². The third-order valence-corrected chi connectivity index (χ3v) is 2.84. The third kappa shape index (κ3) is 4.11. The van der Waals surface area contributed by atoms with Gasteiger partial charge in [0.25, 0.3) is 0 Å². The van der Waals surface area contributed by atoms with Crippen molar-refractivity contribution in [3.05, 3.63) is 10.8 Å². The van der Waals surface area contributed by atoms with Gasteiger partial charge >= 0.3 is 12.1 Å². The SMILES string of the molecule is CCN(CC)OC(=O)C(O)c1nc(C(F)(F)F)ns1. The summed E-state index contributed by atoms with van der Waals surface area (Å²) in [7, 11) is 0. The zero-order valence-corrected chi connectivity index (χ0v) is 11.0. The molecule has 1 atom stereocenters. The Labute approximate surface area is 110 Å². The van der Waals surface area contributed by atoms with Crippen molar-refractivity contribution in [2.45, 2.75) is 26.1 Å². The number of carbonyl (C=O) groups excluding carboxylic acids is 1. The van der Waals surface area contributed by atoms with E-state index in [1.165, 1.54) is 5.06 Å². The van der Waals surface area contributed by atoms with E-state index in [-0.39, 0.29) is 0 Å². The maximum absolute atomic E-state index is 12.3. The Morgan fingerprint density at radius 1 is 1.47 bits per heavy atom. The second-order valence-electron chi connectivity index (χ2n) is 3.38. The Balaban J connectivity index is 2.74. The van der Waals surface area contributed by atoms with Crippen molar-refractivity contribution in [3.8, 4) is 0 Å². The first-order valence-electron chi connectivity index (χ1n) is 5.35. The van der Waals surface area contributed by atoms with E-state index in [4.69, 9.17) is 4.84 Å². The zero-order chi connectivity index (χ0) is 14.6. The van der Waals surface area contributed by atoms with Gasteiger partial charge in [0.1, 0.15) is 0 Å². The van der Waals surface area contributed by atoms with Gasteiger partial charge in [0.2, 0.25) is 11.9 Å². The molecule has 1 N–H and O–H groups in total. The molecule has 19 heavy (non-hydrogen) atoms. The van der Waals surface area contributed by atoms with Gasteiger partial charge < -0.3 is 9.94 Å². The fourth-order valence-corrected chi connectivity index (χ4v) is 1.74. The highest BCUT2D eigenvalue weighted by molar-refractivity contribution is 7.05. The van der Waals surface area contributed by atoms with E-state index in [9.17, 15) is 23.1 Å². The van der Waals surface area contributed by atoms with Crippen molar-refractivity contribution in [1.82, 2.24) is 14.4 Å². The lowest BCUT2D eigenvalue weighted by atomic mass is 10.4. The van der Waals surface area contributed by atoms with Gasteiger partial charge in [0.15, 0.2) is 5.01 Å². The molecule has 0 aliphatic heterocycles. The number of aliphatic hydroxyl groups is 1. The summed E-state index contributed by atoms with van der Waals surface area (Å²) in [6.07, 6.45) is -6.59. The number of rotatable bonds is 5. The number of carbonyl (C=O) groups is 1. The van der Waals surface area contributed by atoms with Crippen LogP contribution in [0.25, 0.3) is 0 Å². The van der Waals surface area contributed by atoms with Crippen LogP contribution < -0.4 is 0 Å². The number of nitrogens with zero attached hydrogens (tertiary/aromatic N) is 3. The van der Waals surface area contributed by atoms with E-state index in [1.807, 2.05) is 0 Å². The van der Waals surface area contributed by atoms with Gasteiger partial charge in [-0.1, -0.05) is 0 Å². The van der Waals surface area contributed by atoms with Crippen LogP contribution in [0, 0.1) is 0 Å². The Morgan fingerprint density at radius 2 is 2.05 bits per heavy atom. The van der Waals surface area contributed by atoms with Crippen LogP contribution in [-0.4, -0.2) is 38.6 Å². The van der Waals surface area contributed by atoms with Crippen LogP contribution in [0.5, 0.6) is 0 Å². The molecular formula is C9H12F3N3O3S. The largest absolute Gasteiger partial charge is 0.452 e. The molecule has 6 nitrogen and oxygen atoms in total. The minimum atomic E-state index is -4.71. The maximum Gasteiger partial charge on any atom is 0.452 e. The van der Waals surface area contributed by atoms with E-state index >= 15 is 0 Å². The molecule has 1 aromatic rings. The Hall–Kier alpha value is -1.26. The van der Waals surface area contributed by atoms with Crippen molar-refractivity contribution in [2.75, 3.05) is 13.1 Å². The smallest absolute Gasteiger partial charge is 0.375 e. The summed E-state index contributed by atoms with van der Waals surface area (Å²) in [5, 5.41) is 10.3. The molecule has 0 fully saturated rings. The molecule has 1 rings (SSSR count). The van der Waals surface area contributed by atoms with Crippen molar-refractivity contribution < 1.29 is 27.9 Å². The van der Waals surface area contributed by atoms with Crippen LogP contribution in [0.4, 0.5) is 13.2 Å². The third-order valence-electron chi connectivity index (χ3n) is 2.08. The lowest BCUT2D eigenvalue weighted by molar-refractivity contribution is -0.199. The van der Waals surface area contributed by atoms with Gasteiger partial charge in [-0.15, -0.1) is 5.06 Å². The van der Waals surface area contributed by atoms with Gasteiger partial charge in [0.05, 0.1) is 0 Å². The summed E-state index contributed by atoms with van der Waals surface area (Å²) in [6, 6.07) is 0. The molecular weight excluding hydrogens is 287 g/mol. The van der Waals surface area contributed by atoms with E-state index in [0.717, 1.165) is 0 Å². The summed E-state index contributed by atoms with van der Waals surface area (Å²) in [6.45, 7) is 4.21. The molecule has 108 valence electrons. The molecule has 0 amide bonds. The number of hydroxylamine groups is 2. The second-order valence-corrected chi connectivity index (χ2v) is 4.16. The Bertz CT molecular complexity index is 434. The summed E-state index contributed by atoms with van der Waals surface area (Å²) in [5.41, 5.74) is 0. The molecule has 0 aliphatic rings. The Kier molecular flexibility index (Phi) is 5.20. The molecule has 1 heterocycles. The van der Waals surface area contributed by atoms with Crippen LogP contribution in [0.2, 0.25) is 0 Å². The molecule has 1 unspecified atom stereocenters. The quantitative estimate of drug-likeness (QED) is 0.828. The summed E-state index contributed by atoms with van der Waals surface area (Å²) >= 11 is 0.305. The predicted molar refractivity (Wildman–Crippen MR) is 58.9 cm³/mol. The first-order chi connectivity index (χ1) is 8.79. The van der Waals surface area contributed by atoms with Crippen LogP contribution in [-0.2, 0) is 15.8 Å². The van der Waals surface area contributed by atoms with Crippen molar-refractivity contribution >= 4 is 17.5 Å². The predicted octanol–water partition coefficient (Wildman–Crippen LogP) is 1.39. The van der Waals surface area contributed by atoms with Crippen molar-refractivity contribution in [1.29, 1.82) is 0 Å². The van der Waals surface area contributed by atoms with E-state index < -0.39 is 29.1 Å². The lowest BCUT2D eigenvalue weighted by Crippen LogP contribution is -2.29. The topological polar surface area (TPSA) is 75.5 Å². The molecule has 0 bridgehead atoms. The van der Waals surface area contributed by atoms with Gasteiger partial charge in [-0.25, -0.2) is 9.78 Å². The van der Waals surface area contributed by atoms with Gasteiger partial charge in [-0.3, -0.25) is 0 Å². The molecule has 10 heteroatoms. The first-order valence-corrected chi connectivity index (χ1v) is 6.12. The summed E-state index contributed by atoms with van der Waals surface area (Å²) in [5.74, 6) is -2.48. The maximum atomic E-state index is 12.3. The average molecular weight is 299 g/mol. The molecule has 0 aromatic carbocycles. The summed E-state index contributed by atoms with van der Waals surface area (Å²) < 4.78 is 39.8. The molecule has 0 radical (unpaired) electrons. The highest BCUT2D eigenvalue weighted by atomic mass is 32.1. The van der Waals surface area contributed by atoms with Gasteiger partial charge in [0, 0.05) is 13.1 Å². The van der Waals surface area contributed by atoms with E-state index in [1.54, 1.807) is 13.8 Å². The molecule has 0 spiro atoms. The lowest BCUT2D eigenvalue weighted by Gasteiger charge is -2.18. The number of alkyl halides is 3. The Morgan fingerprint density at radius 3 is 2.47 bits per heavy atom. The molecule has 0 saturated heterocycles. The molecule has 0 saturated carbocycles. The average Bonchev–Trinajstić information content (AvgIpc) is 2.83. The highest BCUT2D eigenvalue weighted by Gasteiger charge is 2.37. The summed E-state index contributed by atoms with van der Waals surface area (Å²) in [4.78, 5) is 19.3. The number of aromatic nitrogens is 2. The van der Waals surface area contributed by atoms with Crippen LogP contribution >= 0.6 is 11.5 Å². The number of hydrogen-bond acceptors (Lipinski definition) is 7. The molecule has 1 aromatic heterocycles. The second kappa shape index (κ2) is 6.26. The minimum Gasteiger partial charge on any atom is -0.375 e. The number of aliphatic hydroxyl groups excluding tert-OH is 1. The highest BCUT2D eigenvalue weighted by Crippen LogP contribution is 2.29. The molecule has 0 aliphatic carbocycles. The minimum absolute atomic E-state index is 0.305. The van der Waals surface area contributed by atoms with Gasteiger partial charge in [-0.2, -0.15) is 17.5 Å². The number of hydrogen-bond donors (Lipinski definition) is 1. The zero-order valence-electron chi connectivity index (χ0n) is 10.1. The van der Waals surface area contributed by atoms with Crippen LogP contribution in [0.3, 0.4) is 0 Å². The number of halogens is 3. The van der Waals surface area contributed by atoms with Crippen LogP contribution in [0.1, 0.15) is 30.8 Å². The monoisotopic (exact) mass is 299 g/mol. The van der Waals surface area contributed by atoms with Crippen molar-refractivity contribution in [2.24, 2.45) is 0 Å². The van der Waals surface area contributed by atoms with E-state index in [2.05, 4.69) is 9.36 Å².